The number of amides is 1. The number of ether oxygens (including phenoxy) is 1. The van der Waals surface area contributed by atoms with Crippen LogP contribution in [0, 0.1) is 0 Å². The summed E-state index contributed by atoms with van der Waals surface area (Å²) in [4.78, 5) is 34.1. The van der Waals surface area contributed by atoms with E-state index >= 15 is 0 Å². The Hall–Kier alpha value is -3.07. The molecule has 0 aliphatic carbocycles. The van der Waals surface area contributed by atoms with Gasteiger partial charge in [-0.1, -0.05) is 195 Å². The molecule has 1 amide bonds. The third kappa shape index (κ3) is 51.8. The molecule has 0 radical (unpaired) electrons. The lowest BCUT2D eigenvalue weighted by molar-refractivity contribution is -0.147. The average molecular weight is 928 g/mol. The van der Waals surface area contributed by atoms with Crippen LogP contribution in [0.1, 0.15) is 206 Å². The summed E-state index contributed by atoms with van der Waals surface area (Å²) in [6.07, 6.45) is 66.3. The van der Waals surface area contributed by atoms with Crippen molar-refractivity contribution in [2.45, 2.75) is 213 Å². The summed E-state index contributed by atoms with van der Waals surface area (Å²) in [7, 11) is -4.44. The maximum Gasteiger partial charge on any atom is 0.472 e. The maximum absolute atomic E-state index is 12.2. The van der Waals surface area contributed by atoms with Crippen molar-refractivity contribution in [2.24, 2.45) is 0 Å². The molecule has 0 bridgehead atoms. The van der Waals surface area contributed by atoms with Crippen LogP contribution >= 0.6 is 7.82 Å². The van der Waals surface area contributed by atoms with Gasteiger partial charge in [0, 0.05) is 19.4 Å². The molecule has 0 aromatic heterocycles. The topological polar surface area (TPSA) is 131 Å². The zero-order chi connectivity index (χ0) is 47.4. The van der Waals surface area contributed by atoms with Gasteiger partial charge in [-0.05, 0) is 96.3 Å². The number of phosphoric ester groups is 1. The first kappa shape index (κ1) is 61.9. The minimum absolute atomic E-state index is 0.0711. The number of nitrogens with one attached hydrogen (secondary N) is 1. The monoisotopic (exact) mass is 928 g/mol. The summed E-state index contributed by atoms with van der Waals surface area (Å²) in [5, 5.41) is 12.7. The highest BCUT2D eigenvalue weighted by Crippen LogP contribution is 2.42. The van der Waals surface area contributed by atoms with E-state index in [1.165, 1.54) is 96.3 Å². The molecule has 2 unspecified atom stereocenters. The number of rotatable bonds is 47. The Morgan fingerprint density at radius 3 is 1.34 bits per heavy atom. The number of carbonyl (C=O) groups excluding carboxylic acids is 2. The van der Waals surface area contributed by atoms with Crippen LogP contribution in [0.4, 0.5) is 0 Å². The molecule has 10 heteroatoms. The van der Waals surface area contributed by atoms with Gasteiger partial charge in [-0.25, -0.2) is 4.57 Å². The number of phosphoric acid groups is 1. The summed E-state index contributed by atoms with van der Waals surface area (Å²) in [5.74, 6) is -0.565. The van der Waals surface area contributed by atoms with Crippen LogP contribution in [-0.4, -0.2) is 54.3 Å². The van der Waals surface area contributed by atoms with E-state index < -0.39 is 26.5 Å². The van der Waals surface area contributed by atoms with E-state index in [0.29, 0.717) is 12.8 Å². The predicted octanol–water partition coefficient (Wildman–Crippen LogP) is 15.3. The minimum Gasteiger partial charge on any atom is -0.463 e. The van der Waals surface area contributed by atoms with E-state index in [9.17, 15) is 24.2 Å². The molecule has 0 fully saturated rings. The van der Waals surface area contributed by atoms with Crippen molar-refractivity contribution in [3.05, 3.63) is 97.2 Å². The van der Waals surface area contributed by atoms with Crippen LogP contribution in [0.25, 0.3) is 0 Å². The third-order valence-electron chi connectivity index (χ3n) is 10.5. The van der Waals surface area contributed by atoms with Gasteiger partial charge in [0.2, 0.25) is 5.91 Å². The largest absolute Gasteiger partial charge is 0.472 e. The second kappa shape index (κ2) is 50.3. The Labute approximate surface area is 397 Å². The SMILES string of the molecule is CC/C=C\C/C=C\C/C=C\C/C=C\C/C=C\C/C=C\CCCCC(=O)OCC(O)COP(=O)(O)OCCNC(=O)CCCCCCCCCCCCCCC/C=C\C/C=C\CCCCC. The molecular formula is C55H94NO8P. The highest BCUT2D eigenvalue weighted by atomic mass is 31.2. The second-order valence-corrected chi connectivity index (χ2v) is 18.2. The average Bonchev–Trinajstić information content (AvgIpc) is 3.29. The van der Waals surface area contributed by atoms with Gasteiger partial charge < -0.3 is 20.1 Å². The number of aliphatic hydroxyl groups excluding tert-OH is 1. The Balaban J connectivity index is 3.64. The molecule has 0 spiro atoms. The van der Waals surface area contributed by atoms with E-state index in [1.807, 2.05) is 0 Å². The summed E-state index contributed by atoms with van der Waals surface area (Å²) >= 11 is 0. The lowest BCUT2D eigenvalue weighted by atomic mass is 10.0. The van der Waals surface area contributed by atoms with Crippen LogP contribution in [0.2, 0.25) is 0 Å². The quantitative estimate of drug-likeness (QED) is 0.0238. The number of unbranched alkanes of at least 4 members (excludes halogenated alkanes) is 18. The lowest BCUT2D eigenvalue weighted by Crippen LogP contribution is -2.27. The fourth-order valence-electron chi connectivity index (χ4n) is 6.65. The van der Waals surface area contributed by atoms with Gasteiger partial charge in [-0.15, -0.1) is 0 Å². The molecule has 65 heavy (non-hydrogen) atoms. The molecule has 0 aliphatic rings. The zero-order valence-electron chi connectivity index (χ0n) is 41.1. The van der Waals surface area contributed by atoms with Crippen molar-refractivity contribution in [2.75, 3.05) is 26.4 Å². The van der Waals surface area contributed by atoms with Crippen molar-refractivity contribution in [1.29, 1.82) is 0 Å². The predicted molar refractivity (Wildman–Crippen MR) is 275 cm³/mol. The van der Waals surface area contributed by atoms with E-state index in [-0.39, 0.29) is 32.1 Å². The second-order valence-electron chi connectivity index (χ2n) is 16.8. The fraction of sp³-hybridized carbons (Fsp3) is 0.673. The normalized spacial score (nSPS) is 14.0. The van der Waals surface area contributed by atoms with Crippen molar-refractivity contribution in [3.63, 3.8) is 0 Å². The zero-order valence-corrected chi connectivity index (χ0v) is 42.0. The first-order chi connectivity index (χ1) is 31.8. The number of hydrogen-bond donors (Lipinski definition) is 3. The fourth-order valence-corrected chi connectivity index (χ4v) is 7.41. The molecule has 372 valence electrons. The molecule has 0 aromatic carbocycles. The highest BCUT2D eigenvalue weighted by molar-refractivity contribution is 7.47. The van der Waals surface area contributed by atoms with Crippen LogP contribution < -0.4 is 5.32 Å². The van der Waals surface area contributed by atoms with Gasteiger partial charge in [-0.2, -0.15) is 0 Å². The highest BCUT2D eigenvalue weighted by Gasteiger charge is 2.23. The maximum atomic E-state index is 12.2. The van der Waals surface area contributed by atoms with Crippen LogP contribution in [0.5, 0.6) is 0 Å². The molecule has 0 saturated heterocycles. The van der Waals surface area contributed by atoms with Gasteiger partial charge in [-0.3, -0.25) is 18.6 Å². The third-order valence-corrected chi connectivity index (χ3v) is 11.5. The number of aliphatic hydroxyl groups is 1. The van der Waals surface area contributed by atoms with Gasteiger partial charge in [0.05, 0.1) is 13.2 Å². The van der Waals surface area contributed by atoms with Gasteiger partial charge in [0.25, 0.3) is 0 Å². The Morgan fingerprint density at radius 2 is 0.877 bits per heavy atom. The van der Waals surface area contributed by atoms with E-state index in [4.69, 9.17) is 13.8 Å². The van der Waals surface area contributed by atoms with E-state index in [1.54, 1.807) is 0 Å². The van der Waals surface area contributed by atoms with E-state index in [2.05, 4.69) is 116 Å². The summed E-state index contributed by atoms with van der Waals surface area (Å²) in [5.41, 5.74) is 0. The Kier molecular flexibility index (Phi) is 48.0. The Bertz CT molecular complexity index is 1380. The summed E-state index contributed by atoms with van der Waals surface area (Å²) < 4.78 is 27.0. The lowest BCUT2D eigenvalue weighted by Gasteiger charge is -2.15. The molecule has 0 rings (SSSR count). The van der Waals surface area contributed by atoms with Crippen molar-refractivity contribution >= 4 is 19.7 Å². The molecule has 3 N–H and O–H groups in total. The van der Waals surface area contributed by atoms with Gasteiger partial charge >= 0.3 is 13.8 Å². The Morgan fingerprint density at radius 1 is 0.492 bits per heavy atom. The van der Waals surface area contributed by atoms with Crippen molar-refractivity contribution < 1.29 is 37.9 Å². The smallest absolute Gasteiger partial charge is 0.463 e. The molecule has 9 nitrogen and oxygen atoms in total. The molecule has 0 aliphatic heterocycles. The van der Waals surface area contributed by atoms with E-state index in [0.717, 1.165) is 77.0 Å². The first-order valence-corrected chi connectivity index (χ1v) is 27.2. The summed E-state index contributed by atoms with van der Waals surface area (Å²) in [6.45, 7) is 3.37. The van der Waals surface area contributed by atoms with Crippen molar-refractivity contribution in [1.82, 2.24) is 5.32 Å². The number of hydrogen-bond acceptors (Lipinski definition) is 7. The molecular weight excluding hydrogens is 834 g/mol. The van der Waals surface area contributed by atoms with Crippen LogP contribution in [0.15, 0.2) is 97.2 Å². The van der Waals surface area contributed by atoms with Crippen LogP contribution in [0.3, 0.4) is 0 Å². The number of carbonyl (C=O) groups is 2. The molecule has 0 heterocycles. The molecule has 2 atom stereocenters. The van der Waals surface area contributed by atoms with Gasteiger partial charge in [0.1, 0.15) is 12.7 Å². The first-order valence-electron chi connectivity index (χ1n) is 25.7. The molecule has 0 saturated carbocycles. The summed E-state index contributed by atoms with van der Waals surface area (Å²) in [6, 6.07) is 0. The number of allylic oxidation sites excluding steroid dienone is 16. The standard InChI is InChI=1S/C55H94NO8P/c1-3-5-7-9-11-13-15-17-19-21-23-25-26-28-29-31-33-35-37-39-41-43-45-47-54(58)56-49-50-63-65(60,61)64-52-53(57)51-62-55(59)48-46-44-42-40-38-36-34-32-30-27-24-22-20-18-16-14-12-10-8-6-4-2/h6,8,11-14,17-20,24,27,32,34,38,40,53,57H,3-5,7,9-10,15-16,21-23,25-26,28-31,33,35-37,39,41-52H2,1-2H3,(H,56,58)(H,60,61)/b8-6-,13-11-,14-12-,19-17-,20-18-,27-24-,34-32-,40-38-. The van der Waals surface area contributed by atoms with Crippen LogP contribution in [-0.2, 0) is 27.9 Å². The number of esters is 1. The minimum atomic E-state index is -4.44. The van der Waals surface area contributed by atoms with Gasteiger partial charge in [0.15, 0.2) is 0 Å². The molecule has 0 aromatic rings. The van der Waals surface area contributed by atoms with Crippen molar-refractivity contribution in [3.8, 4) is 0 Å².